The highest BCUT2D eigenvalue weighted by Crippen LogP contribution is 2.49. The summed E-state index contributed by atoms with van der Waals surface area (Å²) in [6, 6.07) is 34.9. The van der Waals surface area contributed by atoms with E-state index in [9.17, 15) is 9.59 Å². The minimum Gasteiger partial charge on any atom is -0.479 e. The molecule has 4 aromatic carbocycles. The average molecular weight is 747 g/mol. The van der Waals surface area contributed by atoms with Crippen molar-refractivity contribution in [1.29, 1.82) is 0 Å². The lowest BCUT2D eigenvalue weighted by atomic mass is 10.1. The molecule has 0 radical (unpaired) electrons. The molecule has 0 unspecified atom stereocenters. The molecule has 0 aromatic heterocycles. The number of anilines is 4. The molecular formula is C40H50N4O6S2. The molecule has 4 atom stereocenters. The Morgan fingerprint density at radius 3 is 1.02 bits per heavy atom. The summed E-state index contributed by atoms with van der Waals surface area (Å²) in [4.78, 5) is 34.5. The standard InChI is InChI=1S/2C18H22N2S.C4H6O6/c2*1-14(12-19(2)3)13-20-15-8-4-6-10-17(15)21-18-11-7-5-9-16(18)20;5-1(3(7)8)2(6)4(9)10/h2*4-11,14H,12-13H2,1-3H3;1-2,5-6H,(H,7,8)(H,9,10)/t2*14-;1-,2-/m001/s1. The Hall–Kier alpha value is -4.04. The van der Waals surface area contributed by atoms with Gasteiger partial charge in [0.25, 0.3) is 0 Å². The fourth-order valence-corrected chi connectivity index (χ4v) is 8.40. The van der Waals surface area contributed by atoms with Crippen molar-refractivity contribution in [3.05, 3.63) is 97.1 Å². The summed E-state index contributed by atoms with van der Waals surface area (Å²) >= 11 is 3.75. The van der Waals surface area contributed by atoms with Gasteiger partial charge in [-0.15, -0.1) is 0 Å². The van der Waals surface area contributed by atoms with Crippen LogP contribution in [0.4, 0.5) is 22.7 Å². The summed E-state index contributed by atoms with van der Waals surface area (Å²) in [6.45, 7) is 8.96. The van der Waals surface area contributed by atoms with Gasteiger partial charge in [0.15, 0.2) is 12.2 Å². The van der Waals surface area contributed by atoms with Crippen LogP contribution in [0.5, 0.6) is 0 Å². The quantitative estimate of drug-likeness (QED) is 0.128. The van der Waals surface area contributed by atoms with E-state index in [2.05, 4.69) is 159 Å². The molecule has 4 aromatic rings. The lowest BCUT2D eigenvalue weighted by Crippen LogP contribution is -2.39. The van der Waals surface area contributed by atoms with Gasteiger partial charge in [0, 0.05) is 45.8 Å². The first kappa shape index (κ1) is 40.7. The smallest absolute Gasteiger partial charge is 0.335 e. The van der Waals surface area contributed by atoms with Crippen molar-refractivity contribution in [3.8, 4) is 0 Å². The molecule has 0 bridgehead atoms. The van der Waals surface area contributed by atoms with Crippen LogP contribution in [0.25, 0.3) is 0 Å². The Kier molecular flexibility index (Phi) is 15.0. The number of carboxylic acid groups (broad SMARTS) is 2. The van der Waals surface area contributed by atoms with Crippen molar-refractivity contribution in [2.45, 2.75) is 45.6 Å². The number of hydrogen-bond donors (Lipinski definition) is 4. The van der Waals surface area contributed by atoms with Gasteiger partial charge in [0.1, 0.15) is 0 Å². The third-order valence-electron chi connectivity index (χ3n) is 8.21. The zero-order chi connectivity index (χ0) is 37.9. The van der Waals surface area contributed by atoms with Gasteiger partial charge in [-0.3, -0.25) is 0 Å². The third kappa shape index (κ3) is 11.0. The van der Waals surface area contributed by atoms with Gasteiger partial charge in [-0.1, -0.05) is 85.9 Å². The second-order valence-electron chi connectivity index (χ2n) is 13.6. The van der Waals surface area contributed by atoms with Crippen molar-refractivity contribution in [3.63, 3.8) is 0 Å². The van der Waals surface area contributed by atoms with E-state index in [0.717, 1.165) is 26.2 Å². The number of fused-ring (bicyclic) bond motifs is 4. The molecule has 10 nitrogen and oxygen atoms in total. The molecule has 52 heavy (non-hydrogen) atoms. The SMILES string of the molecule is C[C@@H](CN(C)C)CN1c2ccccc2Sc2ccccc21.C[C@@H](CN(C)C)CN1c2ccccc2Sc2ccccc21.O=C(O)[C@H](O)[C@@H](O)C(=O)O. The summed E-state index contributed by atoms with van der Waals surface area (Å²) < 4.78 is 0. The van der Waals surface area contributed by atoms with E-state index in [-0.39, 0.29) is 0 Å². The number of benzene rings is 4. The van der Waals surface area contributed by atoms with E-state index >= 15 is 0 Å². The van der Waals surface area contributed by atoms with Crippen LogP contribution in [0.2, 0.25) is 0 Å². The maximum absolute atomic E-state index is 9.77. The number of aliphatic carboxylic acids is 2. The molecule has 0 amide bonds. The molecular weight excluding hydrogens is 697 g/mol. The molecule has 278 valence electrons. The number of para-hydroxylation sites is 4. The van der Waals surface area contributed by atoms with Gasteiger partial charge >= 0.3 is 11.9 Å². The fourth-order valence-electron chi connectivity index (χ4n) is 6.21. The second kappa shape index (κ2) is 19.2. The van der Waals surface area contributed by atoms with Crippen LogP contribution < -0.4 is 9.80 Å². The third-order valence-corrected chi connectivity index (χ3v) is 10.5. The predicted octanol–water partition coefficient (Wildman–Crippen LogP) is 6.85. The fraction of sp³-hybridized carbons (Fsp3) is 0.350. The van der Waals surface area contributed by atoms with Crippen LogP contribution in [-0.2, 0) is 9.59 Å². The minimum atomic E-state index is -2.27. The summed E-state index contributed by atoms with van der Waals surface area (Å²) in [6.07, 6.45) is -4.53. The van der Waals surface area contributed by atoms with Crippen LogP contribution in [0.15, 0.2) is 117 Å². The van der Waals surface area contributed by atoms with Gasteiger partial charge in [-0.25, -0.2) is 9.59 Å². The van der Waals surface area contributed by atoms with Gasteiger partial charge in [-0.2, -0.15) is 0 Å². The summed E-state index contributed by atoms with van der Waals surface area (Å²) in [5, 5.41) is 32.5. The molecule has 2 aliphatic rings. The average Bonchev–Trinajstić information content (AvgIpc) is 3.10. The Labute approximate surface area is 315 Å². The number of nitrogens with zero attached hydrogens (tertiary/aromatic N) is 4. The number of aliphatic hydroxyl groups is 2. The van der Waals surface area contributed by atoms with E-state index < -0.39 is 24.1 Å². The first-order valence-electron chi connectivity index (χ1n) is 17.1. The van der Waals surface area contributed by atoms with Crippen molar-refractivity contribution < 1.29 is 30.0 Å². The van der Waals surface area contributed by atoms with Crippen LogP contribution in [0.3, 0.4) is 0 Å². The highest BCUT2D eigenvalue weighted by atomic mass is 32.2. The van der Waals surface area contributed by atoms with Crippen LogP contribution in [0, 0.1) is 11.8 Å². The second-order valence-corrected chi connectivity index (χ2v) is 15.8. The number of carboxylic acids is 2. The molecule has 12 heteroatoms. The van der Waals surface area contributed by atoms with Crippen LogP contribution >= 0.6 is 23.5 Å². The molecule has 2 aliphatic heterocycles. The van der Waals surface area contributed by atoms with Gasteiger partial charge in [0.05, 0.1) is 22.7 Å². The monoisotopic (exact) mass is 746 g/mol. The Balaban J connectivity index is 0.000000187. The van der Waals surface area contributed by atoms with Gasteiger partial charge in [-0.05, 0) is 88.6 Å². The van der Waals surface area contributed by atoms with Crippen LogP contribution in [0.1, 0.15) is 13.8 Å². The molecule has 0 spiro atoms. The molecule has 0 saturated heterocycles. The Bertz CT molecular complexity index is 1570. The van der Waals surface area contributed by atoms with E-state index in [1.165, 1.54) is 42.3 Å². The van der Waals surface area contributed by atoms with E-state index in [1.807, 2.05) is 23.5 Å². The first-order chi connectivity index (χ1) is 24.8. The predicted molar refractivity (Wildman–Crippen MR) is 211 cm³/mol. The number of hydrogen-bond acceptors (Lipinski definition) is 10. The highest BCUT2D eigenvalue weighted by Gasteiger charge is 2.29. The minimum absolute atomic E-state index is 0.615. The largest absolute Gasteiger partial charge is 0.479 e. The normalized spacial score (nSPS) is 15.0. The van der Waals surface area contributed by atoms with Crippen molar-refractivity contribution in [2.75, 3.05) is 64.2 Å². The van der Waals surface area contributed by atoms with Gasteiger partial charge < -0.3 is 40.0 Å². The van der Waals surface area contributed by atoms with Crippen molar-refractivity contribution >= 4 is 58.2 Å². The van der Waals surface area contributed by atoms with Crippen molar-refractivity contribution in [1.82, 2.24) is 9.80 Å². The number of carbonyl (C=O) groups is 2. The van der Waals surface area contributed by atoms with Crippen molar-refractivity contribution in [2.24, 2.45) is 11.8 Å². The maximum atomic E-state index is 9.77. The summed E-state index contributed by atoms with van der Waals surface area (Å²) in [5.74, 6) is -2.31. The topological polar surface area (TPSA) is 128 Å². The molecule has 0 saturated carbocycles. The molecule has 4 N–H and O–H groups in total. The zero-order valence-electron chi connectivity index (χ0n) is 30.6. The van der Waals surface area contributed by atoms with Gasteiger partial charge in [0.2, 0.25) is 0 Å². The number of aliphatic hydroxyl groups excluding tert-OH is 2. The molecule has 2 heterocycles. The molecule has 0 fully saturated rings. The zero-order valence-corrected chi connectivity index (χ0v) is 32.2. The Morgan fingerprint density at radius 2 is 0.788 bits per heavy atom. The maximum Gasteiger partial charge on any atom is 0.335 e. The van der Waals surface area contributed by atoms with E-state index in [4.69, 9.17) is 20.4 Å². The molecule has 0 aliphatic carbocycles. The first-order valence-corrected chi connectivity index (χ1v) is 18.8. The highest BCUT2D eigenvalue weighted by molar-refractivity contribution is 8.00. The lowest BCUT2D eigenvalue weighted by Gasteiger charge is -2.35. The lowest BCUT2D eigenvalue weighted by molar-refractivity contribution is -0.165. The molecule has 6 rings (SSSR count). The van der Waals surface area contributed by atoms with E-state index in [1.54, 1.807) is 0 Å². The van der Waals surface area contributed by atoms with Crippen LogP contribution in [-0.4, -0.2) is 109 Å². The van der Waals surface area contributed by atoms with E-state index in [0.29, 0.717) is 11.8 Å². The number of rotatable bonds is 11. The Morgan fingerprint density at radius 1 is 0.538 bits per heavy atom. The summed E-state index contributed by atoms with van der Waals surface area (Å²) in [5.41, 5.74) is 5.36. The summed E-state index contributed by atoms with van der Waals surface area (Å²) in [7, 11) is 8.57.